The monoisotopic (exact) mass is 392 g/mol. The Bertz CT molecular complexity index is 1150. The smallest absolute Gasteiger partial charge is 0.356 e. The molecule has 0 aliphatic carbocycles. The van der Waals surface area contributed by atoms with Crippen LogP contribution in [-0.2, 0) is 11.2 Å². The van der Waals surface area contributed by atoms with E-state index in [0.29, 0.717) is 12.1 Å². The lowest BCUT2D eigenvalue weighted by atomic mass is 10.0. The van der Waals surface area contributed by atoms with Gasteiger partial charge in [0, 0.05) is 34.0 Å². The summed E-state index contributed by atoms with van der Waals surface area (Å²) in [6, 6.07) is 11.7. The lowest BCUT2D eigenvalue weighted by Crippen LogP contribution is -2.06. The number of esters is 1. The van der Waals surface area contributed by atoms with E-state index in [9.17, 15) is 4.79 Å². The third kappa shape index (κ3) is 3.27. The molecule has 0 saturated carbocycles. The number of aromatic nitrogens is 2. The Morgan fingerprint density at radius 2 is 2.07 bits per heavy atom. The van der Waals surface area contributed by atoms with Gasteiger partial charge >= 0.3 is 5.97 Å². The van der Waals surface area contributed by atoms with Crippen LogP contribution in [0.5, 0.6) is 5.75 Å². The summed E-state index contributed by atoms with van der Waals surface area (Å²) in [7, 11) is 3.04. The minimum atomic E-state index is -0.434. The van der Waals surface area contributed by atoms with Crippen molar-refractivity contribution in [2.24, 2.45) is 0 Å². The number of thiophene rings is 1. The highest BCUT2D eigenvalue weighted by Gasteiger charge is 2.17. The van der Waals surface area contributed by atoms with E-state index in [1.54, 1.807) is 24.5 Å². The summed E-state index contributed by atoms with van der Waals surface area (Å²) >= 11 is 1.66. The predicted molar refractivity (Wildman–Crippen MR) is 111 cm³/mol. The Morgan fingerprint density at radius 3 is 2.79 bits per heavy atom. The maximum absolute atomic E-state index is 11.8. The van der Waals surface area contributed by atoms with Gasteiger partial charge in [0.05, 0.1) is 19.9 Å². The molecule has 0 unspecified atom stereocenters. The zero-order valence-electron chi connectivity index (χ0n) is 15.9. The van der Waals surface area contributed by atoms with Crippen LogP contribution in [0.25, 0.3) is 22.2 Å². The van der Waals surface area contributed by atoms with Gasteiger partial charge in [-0.25, -0.2) is 9.78 Å². The molecule has 1 aromatic carbocycles. The van der Waals surface area contributed by atoms with E-state index < -0.39 is 5.97 Å². The number of carbonyl (C=O) groups excluding carboxylic acids is 1. The van der Waals surface area contributed by atoms with Crippen molar-refractivity contribution in [3.63, 3.8) is 0 Å². The van der Waals surface area contributed by atoms with Crippen molar-refractivity contribution in [3.05, 3.63) is 69.7 Å². The number of pyridine rings is 1. The van der Waals surface area contributed by atoms with Crippen LogP contribution >= 0.6 is 11.3 Å². The molecule has 4 rings (SSSR count). The first-order valence-electron chi connectivity index (χ1n) is 8.86. The highest BCUT2D eigenvalue weighted by atomic mass is 32.1. The number of aryl methyl sites for hydroxylation is 1. The number of nitrogens with zero attached hydrogens (tertiary/aromatic N) is 1. The maximum Gasteiger partial charge on any atom is 0.356 e. The second kappa shape index (κ2) is 7.48. The number of benzene rings is 1. The minimum absolute atomic E-state index is 0.311. The maximum atomic E-state index is 11.8. The van der Waals surface area contributed by atoms with Crippen LogP contribution in [0.3, 0.4) is 0 Å². The first-order valence-corrected chi connectivity index (χ1v) is 9.81. The molecule has 0 spiro atoms. The Hall–Kier alpha value is -3.12. The minimum Gasteiger partial charge on any atom is -0.496 e. The van der Waals surface area contributed by atoms with E-state index in [2.05, 4.69) is 38.9 Å². The fourth-order valence-corrected chi connectivity index (χ4v) is 4.07. The summed E-state index contributed by atoms with van der Waals surface area (Å²) in [5, 5.41) is 5.28. The molecule has 0 aliphatic rings. The quantitative estimate of drug-likeness (QED) is 0.486. The van der Waals surface area contributed by atoms with Crippen molar-refractivity contribution < 1.29 is 14.3 Å². The Labute approximate surface area is 167 Å². The number of rotatable bonds is 5. The van der Waals surface area contributed by atoms with E-state index in [4.69, 9.17) is 9.47 Å². The molecule has 5 nitrogen and oxygen atoms in total. The van der Waals surface area contributed by atoms with Crippen molar-refractivity contribution in [1.82, 2.24) is 9.97 Å². The van der Waals surface area contributed by atoms with E-state index in [-0.39, 0.29) is 0 Å². The standard InChI is InChI=1S/C22H20N2O3S/c1-13-9-19-16(11-20(13)26-2)17(21(24-19)14-7-8-28-12-14)10-15-5-4-6-18(23-15)22(25)27-3/h4-9,11-12,24H,10H2,1-3H3. The van der Waals surface area contributed by atoms with E-state index in [1.807, 2.05) is 19.1 Å². The van der Waals surface area contributed by atoms with Crippen LogP contribution < -0.4 is 4.74 Å². The summed E-state index contributed by atoms with van der Waals surface area (Å²) in [5.41, 5.74) is 6.57. The average Bonchev–Trinajstić information content (AvgIpc) is 3.35. The highest BCUT2D eigenvalue weighted by Crippen LogP contribution is 2.36. The molecular weight excluding hydrogens is 372 g/mol. The molecule has 0 amide bonds. The number of nitrogens with one attached hydrogen (secondary N) is 1. The number of aromatic amines is 1. The van der Waals surface area contributed by atoms with Crippen molar-refractivity contribution in [1.29, 1.82) is 0 Å². The van der Waals surface area contributed by atoms with Crippen molar-refractivity contribution in [3.8, 4) is 17.0 Å². The molecule has 3 heterocycles. The second-order valence-electron chi connectivity index (χ2n) is 6.54. The number of ether oxygens (including phenoxy) is 2. The third-order valence-electron chi connectivity index (χ3n) is 4.79. The largest absolute Gasteiger partial charge is 0.496 e. The SMILES string of the molecule is COC(=O)c1cccc(Cc2c(-c3ccsc3)[nH]c3cc(C)c(OC)cc23)n1. The number of hydrogen-bond donors (Lipinski definition) is 1. The van der Waals surface area contributed by atoms with Gasteiger partial charge in [0.15, 0.2) is 0 Å². The third-order valence-corrected chi connectivity index (χ3v) is 5.47. The van der Waals surface area contributed by atoms with Crippen LogP contribution in [0.15, 0.2) is 47.2 Å². The molecule has 0 fully saturated rings. The highest BCUT2D eigenvalue weighted by molar-refractivity contribution is 7.08. The van der Waals surface area contributed by atoms with Crippen LogP contribution in [0, 0.1) is 6.92 Å². The lowest BCUT2D eigenvalue weighted by Gasteiger charge is -2.07. The first kappa shape index (κ1) is 18.3. The Balaban J connectivity index is 1.87. The summed E-state index contributed by atoms with van der Waals surface area (Å²) < 4.78 is 10.3. The van der Waals surface area contributed by atoms with E-state index in [1.165, 1.54) is 7.11 Å². The van der Waals surface area contributed by atoms with Crippen molar-refractivity contribution in [2.45, 2.75) is 13.3 Å². The van der Waals surface area contributed by atoms with Gasteiger partial charge in [-0.1, -0.05) is 6.07 Å². The summed E-state index contributed by atoms with van der Waals surface area (Å²) in [4.78, 5) is 19.9. The predicted octanol–water partition coefficient (Wildman–Crippen LogP) is 4.99. The van der Waals surface area contributed by atoms with Gasteiger partial charge in [-0.05, 0) is 53.8 Å². The molecule has 6 heteroatoms. The fraction of sp³-hybridized carbons (Fsp3) is 0.182. The topological polar surface area (TPSA) is 64.2 Å². The molecule has 0 atom stereocenters. The molecule has 0 bridgehead atoms. The molecule has 4 aromatic rings. The summed E-state index contributed by atoms with van der Waals surface area (Å²) in [6.07, 6.45) is 0.586. The van der Waals surface area contributed by atoms with Gasteiger partial charge < -0.3 is 14.5 Å². The van der Waals surface area contributed by atoms with Gasteiger partial charge in [0.25, 0.3) is 0 Å². The molecule has 1 N–H and O–H groups in total. The van der Waals surface area contributed by atoms with Gasteiger partial charge in [-0.15, -0.1) is 0 Å². The number of methoxy groups -OCH3 is 2. The summed E-state index contributed by atoms with van der Waals surface area (Å²) in [5.74, 6) is 0.414. The van der Waals surface area contributed by atoms with Crippen LogP contribution in [0.4, 0.5) is 0 Å². The number of carbonyl (C=O) groups is 1. The average molecular weight is 392 g/mol. The number of hydrogen-bond acceptors (Lipinski definition) is 5. The van der Waals surface area contributed by atoms with Crippen molar-refractivity contribution >= 4 is 28.2 Å². The van der Waals surface area contributed by atoms with Gasteiger partial charge in [0.2, 0.25) is 0 Å². The van der Waals surface area contributed by atoms with Gasteiger partial charge in [0.1, 0.15) is 11.4 Å². The molecule has 0 saturated heterocycles. The van der Waals surface area contributed by atoms with E-state index >= 15 is 0 Å². The normalized spacial score (nSPS) is 11.0. The van der Waals surface area contributed by atoms with Crippen molar-refractivity contribution in [2.75, 3.05) is 14.2 Å². The molecule has 0 radical (unpaired) electrons. The lowest BCUT2D eigenvalue weighted by molar-refractivity contribution is 0.0593. The molecule has 0 aliphatic heterocycles. The van der Waals surface area contributed by atoms with Crippen LogP contribution in [0.1, 0.15) is 27.3 Å². The van der Waals surface area contributed by atoms with E-state index in [0.717, 1.165) is 44.7 Å². The first-order chi connectivity index (χ1) is 13.6. The molecular formula is C22H20N2O3S. The summed E-state index contributed by atoms with van der Waals surface area (Å²) in [6.45, 7) is 2.03. The second-order valence-corrected chi connectivity index (χ2v) is 7.32. The zero-order chi connectivity index (χ0) is 19.7. The Kier molecular flexibility index (Phi) is 4.88. The molecule has 142 valence electrons. The van der Waals surface area contributed by atoms with Gasteiger partial charge in [-0.3, -0.25) is 0 Å². The van der Waals surface area contributed by atoms with Crippen LogP contribution in [0.2, 0.25) is 0 Å². The molecule has 28 heavy (non-hydrogen) atoms. The number of fused-ring (bicyclic) bond motifs is 1. The fourth-order valence-electron chi connectivity index (χ4n) is 3.42. The van der Waals surface area contributed by atoms with Crippen LogP contribution in [-0.4, -0.2) is 30.2 Å². The Morgan fingerprint density at radius 1 is 1.21 bits per heavy atom. The number of H-pyrrole nitrogens is 1. The zero-order valence-corrected chi connectivity index (χ0v) is 16.7. The molecule has 3 aromatic heterocycles. The van der Waals surface area contributed by atoms with Gasteiger partial charge in [-0.2, -0.15) is 11.3 Å².